The van der Waals surface area contributed by atoms with Gasteiger partial charge in [0.15, 0.2) is 0 Å². The van der Waals surface area contributed by atoms with Crippen LogP contribution in [-0.2, 0) is 45.4 Å². The molecule has 0 aliphatic carbocycles. The molecule has 0 aliphatic heterocycles. The predicted octanol–water partition coefficient (Wildman–Crippen LogP) is 4.93. The standard InChI is InChI=1S/C36H41N3O5S/c1-3-38-45(42,43)33-21-16-28(17-22-33)18-23-35(40)39(27-31-12-8-5-9-13-31)34(26-30-10-6-4-7-11-30)36(41)37-25-24-29-14-19-32(44-2)20-15-29/h4-17,19-22,34,38H,3,18,23-27H2,1-2H3,(H,37,41)/t34-/m0/s1. The van der Waals surface area contributed by atoms with Gasteiger partial charge in [-0.25, -0.2) is 13.1 Å². The van der Waals surface area contributed by atoms with E-state index in [0.29, 0.717) is 32.4 Å². The van der Waals surface area contributed by atoms with E-state index in [9.17, 15) is 18.0 Å². The third-order valence-electron chi connectivity index (χ3n) is 7.53. The number of sulfonamides is 1. The van der Waals surface area contributed by atoms with Gasteiger partial charge in [-0.1, -0.05) is 91.9 Å². The van der Waals surface area contributed by atoms with Gasteiger partial charge >= 0.3 is 0 Å². The van der Waals surface area contributed by atoms with Crippen LogP contribution in [0.15, 0.2) is 114 Å². The SMILES string of the molecule is CCNS(=O)(=O)c1ccc(CCC(=O)N(Cc2ccccc2)[C@@H](Cc2ccccc2)C(=O)NCCc2ccc(OC)cc2)cc1. The van der Waals surface area contributed by atoms with Gasteiger partial charge in [0.2, 0.25) is 21.8 Å². The molecule has 0 radical (unpaired) electrons. The van der Waals surface area contributed by atoms with E-state index in [1.54, 1.807) is 43.2 Å². The zero-order chi connectivity index (χ0) is 32.1. The Morgan fingerprint density at radius 3 is 1.93 bits per heavy atom. The number of aryl methyl sites for hydroxylation is 1. The molecule has 4 rings (SSSR count). The maximum absolute atomic E-state index is 14.0. The molecule has 45 heavy (non-hydrogen) atoms. The number of amides is 2. The molecule has 0 bridgehead atoms. The van der Waals surface area contributed by atoms with Crippen LogP contribution in [0.2, 0.25) is 0 Å². The maximum Gasteiger partial charge on any atom is 0.243 e. The Balaban J connectivity index is 1.53. The Labute approximate surface area is 266 Å². The predicted molar refractivity (Wildman–Crippen MR) is 176 cm³/mol. The summed E-state index contributed by atoms with van der Waals surface area (Å²) in [4.78, 5) is 29.7. The van der Waals surface area contributed by atoms with Crippen LogP contribution in [0.4, 0.5) is 0 Å². The molecule has 236 valence electrons. The number of hydrogen-bond acceptors (Lipinski definition) is 5. The first-order valence-corrected chi connectivity index (χ1v) is 16.6. The highest BCUT2D eigenvalue weighted by atomic mass is 32.2. The fraction of sp³-hybridized carbons (Fsp3) is 0.278. The second-order valence-corrected chi connectivity index (χ2v) is 12.5. The minimum Gasteiger partial charge on any atom is -0.497 e. The van der Waals surface area contributed by atoms with Crippen molar-refractivity contribution in [3.63, 3.8) is 0 Å². The summed E-state index contributed by atoms with van der Waals surface area (Å²) in [7, 11) is -1.94. The minimum absolute atomic E-state index is 0.158. The van der Waals surface area contributed by atoms with E-state index in [1.165, 1.54) is 0 Å². The lowest BCUT2D eigenvalue weighted by Crippen LogP contribution is -2.50. The van der Waals surface area contributed by atoms with Crippen molar-refractivity contribution in [1.82, 2.24) is 14.9 Å². The van der Waals surface area contributed by atoms with Crippen LogP contribution >= 0.6 is 0 Å². The van der Waals surface area contributed by atoms with Crippen LogP contribution in [0.1, 0.15) is 35.6 Å². The smallest absolute Gasteiger partial charge is 0.243 e. The van der Waals surface area contributed by atoms with Crippen molar-refractivity contribution < 1.29 is 22.7 Å². The second-order valence-electron chi connectivity index (χ2n) is 10.7. The maximum atomic E-state index is 14.0. The first-order valence-electron chi connectivity index (χ1n) is 15.2. The summed E-state index contributed by atoms with van der Waals surface area (Å²) in [5, 5.41) is 3.08. The molecule has 0 fully saturated rings. The van der Waals surface area contributed by atoms with E-state index >= 15 is 0 Å². The highest BCUT2D eigenvalue weighted by molar-refractivity contribution is 7.89. The topological polar surface area (TPSA) is 105 Å². The van der Waals surface area contributed by atoms with Crippen LogP contribution in [0.25, 0.3) is 0 Å². The van der Waals surface area contributed by atoms with E-state index in [4.69, 9.17) is 4.74 Å². The number of nitrogens with zero attached hydrogens (tertiary/aromatic N) is 1. The zero-order valence-corrected chi connectivity index (χ0v) is 26.6. The first-order chi connectivity index (χ1) is 21.8. The Kier molecular flexibility index (Phi) is 12.3. The molecule has 2 amide bonds. The molecule has 0 saturated heterocycles. The molecule has 0 aliphatic rings. The fourth-order valence-electron chi connectivity index (χ4n) is 5.08. The molecule has 4 aromatic rings. The van der Waals surface area contributed by atoms with Crippen LogP contribution in [-0.4, -0.2) is 51.4 Å². The number of carbonyl (C=O) groups excluding carboxylic acids is 2. The minimum atomic E-state index is -3.56. The van der Waals surface area contributed by atoms with Crippen LogP contribution in [0.5, 0.6) is 5.75 Å². The molecule has 0 spiro atoms. The molecule has 1 atom stereocenters. The molecular weight excluding hydrogens is 586 g/mol. The summed E-state index contributed by atoms with van der Waals surface area (Å²) in [5.74, 6) is 0.402. The molecule has 4 aromatic carbocycles. The highest BCUT2D eigenvalue weighted by Gasteiger charge is 2.30. The van der Waals surface area contributed by atoms with Gasteiger partial charge in [0, 0.05) is 32.5 Å². The number of methoxy groups -OCH3 is 1. The largest absolute Gasteiger partial charge is 0.497 e. The number of nitrogens with one attached hydrogen (secondary N) is 2. The Morgan fingerprint density at radius 1 is 0.756 bits per heavy atom. The Bertz CT molecular complexity index is 1610. The lowest BCUT2D eigenvalue weighted by atomic mass is 10.0. The van der Waals surface area contributed by atoms with Gasteiger partial charge in [0.05, 0.1) is 12.0 Å². The molecule has 0 heterocycles. The average Bonchev–Trinajstić information content (AvgIpc) is 3.06. The van der Waals surface area contributed by atoms with Crippen LogP contribution in [0, 0.1) is 0 Å². The normalized spacial score (nSPS) is 11.9. The van der Waals surface area contributed by atoms with E-state index in [-0.39, 0.29) is 29.7 Å². The monoisotopic (exact) mass is 627 g/mol. The summed E-state index contributed by atoms with van der Waals surface area (Å²) in [5.41, 5.74) is 3.78. The Morgan fingerprint density at radius 2 is 1.33 bits per heavy atom. The molecule has 8 nitrogen and oxygen atoms in total. The van der Waals surface area contributed by atoms with E-state index < -0.39 is 16.1 Å². The molecular formula is C36H41N3O5S. The number of benzene rings is 4. The van der Waals surface area contributed by atoms with Crippen molar-refractivity contribution in [2.45, 2.75) is 50.1 Å². The van der Waals surface area contributed by atoms with Crippen LogP contribution < -0.4 is 14.8 Å². The Hall–Kier alpha value is -4.47. The molecule has 0 saturated carbocycles. The van der Waals surface area contributed by atoms with Crippen molar-refractivity contribution in [2.75, 3.05) is 20.2 Å². The number of rotatable bonds is 16. The number of hydrogen-bond donors (Lipinski definition) is 2. The van der Waals surface area contributed by atoms with Gasteiger partial charge in [-0.3, -0.25) is 9.59 Å². The van der Waals surface area contributed by atoms with Gasteiger partial charge in [-0.05, 0) is 59.4 Å². The van der Waals surface area contributed by atoms with Crippen molar-refractivity contribution >= 4 is 21.8 Å². The lowest BCUT2D eigenvalue weighted by molar-refractivity contribution is -0.141. The van der Waals surface area contributed by atoms with Crippen molar-refractivity contribution in [1.29, 1.82) is 0 Å². The van der Waals surface area contributed by atoms with Crippen molar-refractivity contribution in [2.24, 2.45) is 0 Å². The quantitative estimate of drug-likeness (QED) is 0.184. The zero-order valence-electron chi connectivity index (χ0n) is 25.8. The molecule has 0 aromatic heterocycles. The van der Waals surface area contributed by atoms with Crippen LogP contribution in [0.3, 0.4) is 0 Å². The van der Waals surface area contributed by atoms with Gasteiger partial charge in [0.25, 0.3) is 0 Å². The third kappa shape index (κ3) is 10.0. The summed E-state index contributed by atoms with van der Waals surface area (Å²) in [6.45, 7) is 2.73. The summed E-state index contributed by atoms with van der Waals surface area (Å²) in [6, 6.07) is 32.9. The first kappa shape index (κ1) is 33.4. The summed E-state index contributed by atoms with van der Waals surface area (Å²) in [6.07, 6.45) is 1.57. The van der Waals surface area contributed by atoms with Gasteiger partial charge in [-0.2, -0.15) is 0 Å². The fourth-order valence-corrected chi connectivity index (χ4v) is 6.12. The van der Waals surface area contributed by atoms with Crippen molar-refractivity contribution in [3.8, 4) is 5.75 Å². The highest BCUT2D eigenvalue weighted by Crippen LogP contribution is 2.18. The summed E-state index contributed by atoms with van der Waals surface area (Å²) >= 11 is 0. The van der Waals surface area contributed by atoms with E-state index in [2.05, 4.69) is 10.0 Å². The average molecular weight is 628 g/mol. The number of carbonyl (C=O) groups is 2. The number of ether oxygens (including phenoxy) is 1. The van der Waals surface area contributed by atoms with Crippen molar-refractivity contribution in [3.05, 3.63) is 131 Å². The summed E-state index contributed by atoms with van der Waals surface area (Å²) < 4.78 is 32.4. The molecule has 0 unspecified atom stereocenters. The second kappa shape index (κ2) is 16.6. The van der Waals surface area contributed by atoms with E-state index in [1.807, 2.05) is 84.9 Å². The van der Waals surface area contributed by atoms with Gasteiger partial charge in [-0.15, -0.1) is 0 Å². The molecule has 2 N–H and O–H groups in total. The third-order valence-corrected chi connectivity index (χ3v) is 9.10. The van der Waals surface area contributed by atoms with E-state index in [0.717, 1.165) is 28.0 Å². The van der Waals surface area contributed by atoms with Gasteiger partial charge in [0.1, 0.15) is 11.8 Å². The lowest BCUT2D eigenvalue weighted by Gasteiger charge is -2.31. The molecule has 9 heteroatoms. The van der Waals surface area contributed by atoms with Gasteiger partial charge < -0.3 is 15.0 Å².